The van der Waals surface area contributed by atoms with E-state index in [1.54, 1.807) is 6.92 Å². The second-order valence-corrected chi connectivity index (χ2v) is 6.71. The first kappa shape index (κ1) is 12.9. The molecule has 4 heteroatoms. The average molecular weight is 265 g/mol. The third-order valence-corrected chi connectivity index (χ3v) is 5.44. The van der Waals surface area contributed by atoms with Gasteiger partial charge >= 0.3 is 5.97 Å². The van der Waals surface area contributed by atoms with Crippen LogP contribution in [0.5, 0.6) is 0 Å². The van der Waals surface area contributed by atoms with Gasteiger partial charge in [0.25, 0.3) is 0 Å². The fraction of sp³-hybridized carbons (Fsp3) is 0.867. The van der Waals surface area contributed by atoms with Crippen molar-refractivity contribution in [2.24, 2.45) is 29.6 Å². The minimum absolute atomic E-state index is 0.0756. The fourth-order valence-electron chi connectivity index (χ4n) is 4.90. The monoisotopic (exact) mass is 265 g/mol. The van der Waals surface area contributed by atoms with E-state index < -0.39 is 6.04 Å². The molecule has 0 aromatic carbocycles. The maximum Gasteiger partial charge on any atom is 0.328 e. The molecule has 4 bridgehead atoms. The highest BCUT2D eigenvalue weighted by atomic mass is 16.5. The highest BCUT2D eigenvalue weighted by molar-refractivity contribution is 5.86. The lowest BCUT2D eigenvalue weighted by Gasteiger charge is -2.53. The van der Waals surface area contributed by atoms with Crippen molar-refractivity contribution in [3.8, 4) is 0 Å². The van der Waals surface area contributed by atoms with E-state index in [0.717, 1.165) is 11.8 Å². The summed E-state index contributed by atoms with van der Waals surface area (Å²) >= 11 is 0. The molecule has 1 atom stereocenters. The predicted molar refractivity (Wildman–Crippen MR) is 70.2 cm³/mol. The maximum atomic E-state index is 12.4. The molecule has 19 heavy (non-hydrogen) atoms. The van der Waals surface area contributed by atoms with E-state index in [1.165, 1.54) is 39.2 Å². The second kappa shape index (κ2) is 4.80. The Bertz CT molecular complexity index is 365. The lowest BCUT2D eigenvalue weighted by molar-refractivity contribution is -0.148. The fourth-order valence-corrected chi connectivity index (χ4v) is 4.90. The van der Waals surface area contributed by atoms with Gasteiger partial charge in [0.1, 0.15) is 6.04 Å². The summed E-state index contributed by atoms with van der Waals surface area (Å²) in [4.78, 5) is 23.8. The van der Waals surface area contributed by atoms with Crippen molar-refractivity contribution in [1.82, 2.24) is 5.32 Å². The van der Waals surface area contributed by atoms with Crippen LogP contribution < -0.4 is 5.32 Å². The Morgan fingerprint density at radius 3 is 2.05 bits per heavy atom. The molecular weight excluding hydrogens is 242 g/mol. The van der Waals surface area contributed by atoms with E-state index >= 15 is 0 Å². The predicted octanol–water partition coefficient (Wildman–Crippen LogP) is 1.74. The van der Waals surface area contributed by atoms with E-state index in [4.69, 9.17) is 0 Å². The summed E-state index contributed by atoms with van der Waals surface area (Å²) in [6, 6.07) is -0.533. The SMILES string of the molecule is COC(=O)C(C)NC(=O)C1C2CC3CC(C2)CC1C3. The number of carbonyl (C=O) groups is 2. The van der Waals surface area contributed by atoms with Gasteiger partial charge in [-0.25, -0.2) is 4.79 Å². The normalized spacial score (nSPS) is 40.8. The van der Waals surface area contributed by atoms with E-state index in [-0.39, 0.29) is 17.8 Å². The molecule has 0 aromatic heterocycles. The molecule has 1 amide bonds. The van der Waals surface area contributed by atoms with Gasteiger partial charge in [0.15, 0.2) is 0 Å². The molecule has 0 saturated heterocycles. The zero-order valence-electron chi connectivity index (χ0n) is 11.7. The number of nitrogens with one attached hydrogen (secondary N) is 1. The van der Waals surface area contributed by atoms with Gasteiger partial charge in [-0.05, 0) is 62.7 Å². The van der Waals surface area contributed by atoms with Crippen LogP contribution in [-0.4, -0.2) is 25.0 Å². The summed E-state index contributed by atoms with van der Waals surface area (Å²) in [6.07, 6.45) is 6.27. The van der Waals surface area contributed by atoms with Gasteiger partial charge in [-0.3, -0.25) is 4.79 Å². The van der Waals surface area contributed by atoms with Gasteiger partial charge in [-0.1, -0.05) is 0 Å². The van der Waals surface area contributed by atoms with Crippen molar-refractivity contribution in [2.75, 3.05) is 7.11 Å². The van der Waals surface area contributed by atoms with Gasteiger partial charge in [0.2, 0.25) is 5.91 Å². The summed E-state index contributed by atoms with van der Waals surface area (Å²) in [5.74, 6) is 2.69. The maximum absolute atomic E-state index is 12.4. The second-order valence-electron chi connectivity index (χ2n) is 6.71. The van der Waals surface area contributed by atoms with E-state index in [0.29, 0.717) is 11.8 Å². The molecule has 1 unspecified atom stereocenters. The van der Waals surface area contributed by atoms with Crippen molar-refractivity contribution in [2.45, 2.75) is 45.1 Å². The molecule has 0 aromatic rings. The number of esters is 1. The van der Waals surface area contributed by atoms with Crippen LogP contribution in [0.15, 0.2) is 0 Å². The molecule has 4 rings (SSSR count). The summed E-state index contributed by atoms with van der Waals surface area (Å²) in [7, 11) is 1.36. The number of hydrogen-bond donors (Lipinski definition) is 1. The molecule has 1 N–H and O–H groups in total. The molecule has 0 aliphatic heterocycles. The van der Waals surface area contributed by atoms with Crippen LogP contribution in [0, 0.1) is 29.6 Å². The average Bonchev–Trinajstić information content (AvgIpc) is 2.36. The van der Waals surface area contributed by atoms with Crippen LogP contribution in [0.3, 0.4) is 0 Å². The first-order valence-corrected chi connectivity index (χ1v) is 7.46. The van der Waals surface area contributed by atoms with Gasteiger partial charge in [-0.2, -0.15) is 0 Å². The Morgan fingerprint density at radius 2 is 1.58 bits per heavy atom. The quantitative estimate of drug-likeness (QED) is 0.791. The van der Waals surface area contributed by atoms with E-state index in [9.17, 15) is 9.59 Å². The number of methoxy groups -OCH3 is 1. The molecule has 4 fully saturated rings. The third-order valence-electron chi connectivity index (χ3n) is 5.44. The largest absolute Gasteiger partial charge is 0.467 e. The van der Waals surface area contributed by atoms with Gasteiger partial charge in [-0.15, -0.1) is 0 Å². The highest BCUT2D eigenvalue weighted by Crippen LogP contribution is 2.56. The molecule has 4 nitrogen and oxygen atoms in total. The number of rotatable bonds is 3. The Hall–Kier alpha value is -1.06. The highest BCUT2D eigenvalue weighted by Gasteiger charge is 2.50. The third kappa shape index (κ3) is 2.26. The van der Waals surface area contributed by atoms with Crippen LogP contribution in [0.25, 0.3) is 0 Å². The van der Waals surface area contributed by atoms with Gasteiger partial charge in [0, 0.05) is 5.92 Å². The van der Waals surface area contributed by atoms with Crippen molar-refractivity contribution < 1.29 is 14.3 Å². The van der Waals surface area contributed by atoms with E-state index in [2.05, 4.69) is 10.1 Å². The number of hydrogen-bond acceptors (Lipinski definition) is 3. The first-order chi connectivity index (χ1) is 9.08. The lowest BCUT2D eigenvalue weighted by atomic mass is 9.51. The molecule has 0 heterocycles. The smallest absolute Gasteiger partial charge is 0.328 e. The number of carbonyl (C=O) groups excluding carboxylic acids is 2. The van der Waals surface area contributed by atoms with Crippen molar-refractivity contribution in [3.05, 3.63) is 0 Å². The standard InChI is InChI=1S/C15H23NO3/c1-8(15(18)19-2)16-14(17)13-11-4-9-3-10(6-11)7-12(13)5-9/h8-13H,3-7H2,1-2H3,(H,16,17). The molecule has 4 aliphatic carbocycles. The van der Waals surface area contributed by atoms with Gasteiger partial charge in [0.05, 0.1) is 7.11 Å². The Balaban J connectivity index is 1.66. The van der Waals surface area contributed by atoms with Crippen LogP contribution in [0.4, 0.5) is 0 Å². The Morgan fingerprint density at radius 1 is 1.05 bits per heavy atom. The van der Waals surface area contributed by atoms with Crippen LogP contribution in [-0.2, 0) is 14.3 Å². The minimum atomic E-state index is -0.533. The number of ether oxygens (including phenoxy) is 1. The molecule has 106 valence electrons. The zero-order valence-corrected chi connectivity index (χ0v) is 11.7. The van der Waals surface area contributed by atoms with Crippen LogP contribution in [0.2, 0.25) is 0 Å². The summed E-state index contributed by atoms with van der Waals surface area (Å²) < 4.78 is 4.66. The molecule has 0 spiro atoms. The Labute approximate surface area is 114 Å². The van der Waals surface area contributed by atoms with E-state index in [1.807, 2.05) is 0 Å². The zero-order chi connectivity index (χ0) is 13.6. The minimum Gasteiger partial charge on any atom is -0.467 e. The van der Waals surface area contributed by atoms with Crippen molar-refractivity contribution in [1.29, 1.82) is 0 Å². The van der Waals surface area contributed by atoms with Gasteiger partial charge < -0.3 is 10.1 Å². The van der Waals surface area contributed by atoms with Crippen LogP contribution in [0.1, 0.15) is 39.0 Å². The summed E-state index contributed by atoms with van der Waals surface area (Å²) in [6.45, 7) is 1.69. The lowest BCUT2D eigenvalue weighted by Crippen LogP contribution is -2.53. The number of amides is 1. The topological polar surface area (TPSA) is 55.4 Å². The molecule has 4 saturated carbocycles. The molecule has 0 radical (unpaired) electrons. The Kier molecular flexibility index (Phi) is 3.27. The summed E-state index contributed by atoms with van der Waals surface area (Å²) in [5.41, 5.74) is 0. The molecule has 4 aliphatic rings. The van der Waals surface area contributed by atoms with Crippen molar-refractivity contribution >= 4 is 11.9 Å². The van der Waals surface area contributed by atoms with Crippen molar-refractivity contribution in [3.63, 3.8) is 0 Å². The van der Waals surface area contributed by atoms with Crippen LogP contribution >= 0.6 is 0 Å². The summed E-state index contributed by atoms with van der Waals surface area (Å²) in [5, 5.41) is 2.85. The molecular formula is C15H23NO3. The first-order valence-electron chi connectivity index (χ1n) is 7.46.